The molecule has 2 fully saturated rings. The molecule has 4 nitrogen and oxygen atoms in total. The zero-order valence-corrected chi connectivity index (χ0v) is 13.2. The molecule has 0 spiro atoms. The van der Waals surface area contributed by atoms with Gasteiger partial charge in [-0.1, -0.05) is 28.8 Å². The zero-order valence-electron chi connectivity index (χ0n) is 10.8. The van der Waals surface area contributed by atoms with Crippen LogP contribution in [0.3, 0.4) is 0 Å². The third kappa shape index (κ3) is 4.18. The lowest BCUT2D eigenvalue weighted by Crippen LogP contribution is -2.42. The highest BCUT2D eigenvalue weighted by Crippen LogP contribution is 2.30. The Balaban J connectivity index is 1.82. The number of rotatable bonds is 4. The van der Waals surface area contributed by atoms with E-state index < -0.39 is 10.2 Å². The van der Waals surface area contributed by atoms with Crippen LogP contribution in [0.2, 0.25) is 0 Å². The van der Waals surface area contributed by atoms with Gasteiger partial charge in [-0.2, -0.15) is 12.7 Å². The molecular formula is C12H23BrN2O2S. The third-order valence-corrected chi connectivity index (χ3v) is 6.34. The first-order valence-corrected chi connectivity index (χ1v) is 9.32. The highest BCUT2D eigenvalue weighted by molar-refractivity contribution is 9.09. The first-order chi connectivity index (χ1) is 8.58. The Morgan fingerprint density at radius 3 is 2.33 bits per heavy atom. The fourth-order valence-electron chi connectivity index (χ4n) is 2.80. The average Bonchev–Trinajstić information content (AvgIpc) is 2.59. The maximum absolute atomic E-state index is 12.2. The largest absolute Gasteiger partial charge is 0.279 e. The molecule has 2 aliphatic rings. The third-order valence-electron chi connectivity index (χ3n) is 3.94. The van der Waals surface area contributed by atoms with Crippen LogP contribution in [-0.2, 0) is 10.2 Å². The molecule has 1 heterocycles. The van der Waals surface area contributed by atoms with Crippen LogP contribution in [-0.4, -0.2) is 37.2 Å². The van der Waals surface area contributed by atoms with Gasteiger partial charge in [-0.3, -0.25) is 0 Å². The summed E-state index contributed by atoms with van der Waals surface area (Å²) in [5.41, 5.74) is 0. The molecule has 0 aromatic carbocycles. The molecule has 106 valence electrons. The van der Waals surface area contributed by atoms with E-state index in [0.29, 0.717) is 30.4 Å². The molecule has 0 amide bonds. The van der Waals surface area contributed by atoms with Gasteiger partial charge < -0.3 is 0 Å². The summed E-state index contributed by atoms with van der Waals surface area (Å²) in [7, 11) is -3.24. The normalized spacial score (nSPS) is 31.4. The van der Waals surface area contributed by atoms with E-state index in [1.54, 1.807) is 4.31 Å². The van der Waals surface area contributed by atoms with E-state index >= 15 is 0 Å². The minimum atomic E-state index is -3.24. The summed E-state index contributed by atoms with van der Waals surface area (Å²) in [5.74, 6) is 0.496. The summed E-state index contributed by atoms with van der Waals surface area (Å²) in [6.45, 7) is 1.96. The van der Waals surface area contributed by atoms with Crippen LogP contribution < -0.4 is 4.72 Å². The maximum Gasteiger partial charge on any atom is 0.279 e. The number of halogens is 1. The van der Waals surface area contributed by atoms with Crippen molar-refractivity contribution < 1.29 is 8.42 Å². The van der Waals surface area contributed by atoms with Gasteiger partial charge in [-0.15, -0.1) is 0 Å². The fourth-order valence-corrected chi connectivity index (χ4v) is 4.96. The standard InChI is InChI=1S/C12H23BrN2O2S/c13-12-6-5-11(9-12)10-14-18(16,17)15-7-3-1-2-4-8-15/h11-12,14H,1-10H2. The Bertz CT molecular complexity index is 353. The van der Waals surface area contributed by atoms with E-state index in [1.165, 1.54) is 0 Å². The van der Waals surface area contributed by atoms with Crippen LogP contribution in [0.15, 0.2) is 0 Å². The topological polar surface area (TPSA) is 49.4 Å². The van der Waals surface area contributed by atoms with Crippen molar-refractivity contribution in [1.29, 1.82) is 0 Å². The zero-order chi connectivity index (χ0) is 13.0. The van der Waals surface area contributed by atoms with Gasteiger partial charge in [-0.25, -0.2) is 4.72 Å². The van der Waals surface area contributed by atoms with E-state index in [4.69, 9.17) is 0 Å². The van der Waals surface area contributed by atoms with Crippen molar-refractivity contribution >= 4 is 26.1 Å². The first kappa shape index (κ1) is 14.8. The molecule has 0 aromatic heterocycles. The molecular weight excluding hydrogens is 316 g/mol. The van der Waals surface area contributed by atoms with E-state index in [1.807, 2.05) is 0 Å². The summed E-state index contributed by atoms with van der Waals surface area (Å²) in [6.07, 6.45) is 7.67. The first-order valence-electron chi connectivity index (χ1n) is 6.97. The highest BCUT2D eigenvalue weighted by atomic mass is 79.9. The molecule has 1 aliphatic carbocycles. The summed E-state index contributed by atoms with van der Waals surface area (Å²) in [5, 5.41) is 0. The SMILES string of the molecule is O=S(=O)(NCC1CCC(Br)C1)N1CCCCCC1. The molecule has 18 heavy (non-hydrogen) atoms. The lowest BCUT2D eigenvalue weighted by molar-refractivity contribution is 0.408. The summed E-state index contributed by atoms with van der Waals surface area (Å²) in [4.78, 5) is 0.574. The average molecular weight is 339 g/mol. The Morgan fingerprint density at radius 2 is 1.78 bits per heavy atom. The van der Waals surface area contributed by atoms with Crippen molar-refractivity contribution in [3.63, 3.8) is 0 Å². The second kappa shape index (κ2) is 6.68. The van der Waals surface area contributed by atoms with Gasteiger partial charge in [-0.05, 0) is 38.0 Å². The Labute approximate surface area is 119 Å². The van der Waals surface area contributed by atoms with Crippen LogP contribution in [0.1, 0.15) is 44.9 Å². The Kier molecular flexibility index (Phi) is 5.47. The molecule has 2 atom stereocenters. The van der Waals surface area contributed by atoms with Gasteiger partial charge in [0.2, 0.25) is 0 Å². The summed E-state index contributed by atoms with van der Waals surface area (Å²) < 4.78 is 28.8. The van der Waals surface area contributed by atoms with Crippen LogP contribution in [0, 0.1) is 5.92 Å². The van der Waals surface area contributed by atoms with Crippen molar-refractivity contribution in [3.05, 3.63) is 0 Å². The lowest BCUT2D eigenvalue weighted by atomic mass is 10.1. The van der Waals surface area contributed by atoms with Crippen LogP contribution in [0.5, 0.6) is 0 Å². The van der Waals surface area contributed by atoms with Crippen molar-refractivity contribution in [1.82, 2.24) is 9.03 Å². The summed E-state index contributed by atoms with van der Waals surface area (Å²) in [6, 6.07) is 0. The molecule has 1 aliphatic heterocycles. The van der Waals surface area contributed by atoms with Crippen molar-refractivity contribution in [2.75, 3.05) is 19.6 Å². The van der Waals surface area contributed by atoms with Gasteiger partial charge >= 0.3 is 0 Å². The van der Waals surface area contributed by atoms with Crippen LogP contribution in [0.25, 0.3) is 0 Å². The second-order valence-corrected chi connectivity index (χ2v) is 8.49. The number of nitrogens with one attached hydrogen (secondary N) is 1. The van der Waals surface area contributed by atoms with Crippen molar-refractivity contribution in [3.8, 4) is 0 Å². The molecule has 1 saturated carbocycles. The minimum absolute atomic E-state index is 0.496. The van der Waals surface area contributed by atoms with E-state index in [9.17, 15) is 8.42 Å². The number of nitrogens with zero attached hydrogens (tertiary/aromatic N) is 1. The maximum atomic E-state index is 12.2. The predicted octanol–water partition coefficient (Wildman–Crippen LogP) is 2.26. The number of hydrogen-bond donors (Lipinski definition) is 1. The number of alkyl halides is 1. The number of hydrogen-bond acceptors (Lipinski definition) is 2. The highest BCUT2D eigenvalue weighted by Gasteiger charge is 2.27. The molecule has 6 heteroatoms. The van der Waals surface area contributed by atoms with Crippen LogP contribution in [0.4, 0.5) is 0 Å². The lowest BCUT2D eigenvalue weighted by Gasteiger charge is -2.21. The Hall–Kier alpha value is 0.350. The fraction of sp³-hybridized carbons (Fsp3) is 1.00. The molecule has 1 saturated heterocycles. The van der Waals surface area contributed by atoms with Gasteiger partial charge in [0.1, 0.15) is 0 Å². The molecule has 0 radical (unpaired) electrons. The predicted molar refractivity (Wildman–Crippen MR) is 77.0 cm³/mol. The molecule has 0 aromatic rings. The molecule has 2 rings (SSSR count). The molecule has 1 N–H and O–H groups in total. The molecule has 2 unspecified atom stereocenters. The smallest absolute Gasteiger partial charge is 0.202 e. The monoisotopic (exact) mass is 338 g/mol. The van der Waals surface area contributed by atoms with Crippen molar-refractivity contribution in [2.24, 2.45) is 5.92 Å². The van der Waals surface area contributed by atoms with Crippen LogP contribution >= 0.6 is 15.9 Å². The summed E-state index contributed by atoms with van der Waals surface area (Å²) >= 11 is 3.60. The Morgan fingerprint density at radius 1 is 1.11 bits per heavy atom. The van der Waals surface area contributed by atoms with E-state index in [2.05, 4.69) is 20.7 Å². The van der Waals surface area contributed by atoms with Gasteiger partial charge in [0.15, 0.2) is 0 Å². The second-order valence-electron chi connectivity index (χ2n) is 5.44. The quantitative estimate of drug-likeness (QED) is 0.799. The van der Waals surface area contributed by atoms with Gasteiger partial charge in [0.25, 0.3) is 10.2 Å². The molecule has 0 bridgehead atoms. The van der Waals surface area contributed by atoms with Gasteiger partial charge in [0, 0.05) is 24.5 Å². The van der Waals surface area contributed by atoms with Gasteiger partial charge in [0.05, 0.1) is 0 Å². The van der Waals surface area contributed by atoms with Crippen molar-refractivity contribution in [2.45, 2.75) is 49.8 Å². The van der Waals surface area contributed by atoms with E-state index in [0.717, 1.165) is 44.9 Å². The van der Waals surface area contributed by atoms with E-state index in [-0.39, 0.29) is 0 Å². The minimum Gasteiger partial charge on any atom is -0.202 e.